The molecule has 20 heavy (non-hydrogen) atoms. The summed E-state index contributed by atoms with van der Waals surface area (Å²) >= 11 is 0. The second-order valence-electron chi connectivity index (χ2n) is 3.29. The quantitative estimate of drug-likeness (QED) is 0.571. The van der Waals surface area contributed by atoms with Gasteiger partial charge in [0.1, 0.15) is 11.4 Å². The molecule has 1 aromatic rings. The van der Waals surface area contributed by atoms with Crippen LogP contribution in [0, 0.1) is 0 Å². The Morgan fingerprint density at radius 2 is 1.45 bits per heavy atom. The first-order valence-electron chi connectivity index (χ1n) is 5.16. The largest absolute Gasteiger partial charge is 0.240 e. The molecule has 0 radical (unpaired) electrons. The lowest BCUT2D eigenvalue weighted by Gasteiger charge is -2.08. The molecule has 0 aliphatic rings. The maximum atomic E-state index is 10.5. The standard InChI is InChI=1S/C12H6N4O4/c17-5-13-3-9-1-2-11(15-7-19)12(16-8-20)10(9)4-14-6-18/h1-2H,3-4H2. The van der Waals surface area contributed by atoms with Crippen LogP contribution in [0.1, 0.15) is 11.1 Å². The molecule has 0 N–H and O–H groups in total. The lowest BCUT2D eigenvalue weighted by atomic mass is 10.0. The first kappa shape index (κ1) is 14.8. The molecule has 0 fully saturated rings. The van der Waals surface area contributed by atoms with Crippen LogP contribution in [0.5, 0.6) is 0 Å². The van der Waals surface area contributed by atoms with Crippen molar-refractivity contribution in [3.63, 3.8) is 0 Å². The molecule has 98 valence electrons. The van der Waals surface area contributed by atoms with Gasteiger partial charge in [-0.25, -0.2) is 29.2 Å². The topological polar surface area (TPSA) is 118 Å². The zero-order valence-corrected chi connectivity index (χ0v) is 9.99. The molecule has 0 aliphatic carbocycles. The van der Waals surface area contributed by atoms with Crippen molar-refractivity contribution in [3.8, 4) is 0 Å². The molecule has 0 amide bonds. The highest BCUT2D eigenvalue weighted by atomic mass is 16.1. The zero-order chi connectivity index (χ0) is 14.8. The molecule has 1 rings (SSSR count). The maximum Gasteiger partial charge on any atom is 0.240 e. The lowest BCUT2D eigenvalue weighted by molar-refractivity contribution is 0.561. The summed E-state index contributed by atoms with van der Waals surface area (Å²) in [6, 6.07) is 2.90. The molecule has 0 aromatic heterocycles. The van der Waals surface area contributed by atoms with Crippen molar-refractivity contribution in [3.05, 3.63) is 23.3 Å². The molecule has 1 aromatic carbocycles. The highest BCUT2D eigenvalue weighted by Gasteiger charge is 2.13. The molecule has 0 bridgehead atoms. The highest BCUT2D eigenvalue weighted by Crippen LogP contribution is 2.34. The van der Waals surface area contributed by atoms with E-state index < -0.39 is 0 Å². The van der Waals surface area contributed by atoms with Gasteiger partial charge in [-0.15, -0.1) is 0 Å². The van der Waals surface area contributed by atoms with Crippen LogP contribution in [0.2, 0.25) is 0 Å². The smallest absolute Gasteiger partial charge is 0.211 e. The SMILES string of the molecule is O=C=NCc1ccc(N=C=O)c(N=C=O)c1CN=C=O. The van der Waals surface area contributed by atoms with Gasteiger partial charge in [0.15, 0.2) is 0 Å². The molecule has 0 aliphatic heterocycles. The summed E-state index contributed by atoms with van der Waals surface area (Å²) in [5.41, 5.74) is 0.873. The summed E-state index contributed by atoms with van der Waals surface area (Å²) < 4.78 is 0. The number of isocyanates is 4. The van der Waals surface area contributed by atoms with Gasteiger partial charge in [-0.3, -0.25) is 0 Å². The van der Waals surface area contributed by atoms with Crippen molar-refractivity contribution < 1.29 is 19.2 Å². The third-order valence-electron chi connectivity index (χ3n) is 2.30. The predicted molar refractivity (Wildman–Crippen MR) is 65.7 cm³/mol. The molecule has 8 heteroatoms. The highest BCUT2D eigenvalue weighted by molar-refractivity contribution is 5.73. The number of rotatable bonds is 6. The Morgan fingerprint density at radius 1 is 0.800 bits per heavy atom. The molecule has 0 atom stereocenters. The van der Waals surface area contributed by atoms with Gasteiger partial charge in [0.2, 0.25) is 24.3 Å². The number of aliphatic imine (C=N–C) groups is 4. The molecule has 0 heterocycles. The van der Waals surface area contributed by atoms with Gasteiger partial charge in [-0.2, -0.15) is 9.98 Å². The average Bonchev–Trinajstić information content (AvgIpc) is 2.46. The normalized spacial score (nSPS) is 8.40. The van der Waals surface area contributed by atoms with E-state index in [1.807, 2.05) is 0 Å². The van der Waals surface area contributed by atoms with Crippen molar-refractivity contribution in [2.75, 3.05) is 0 Å². The third kappa shape index (κ3) is 3.62. The molecular weight excluding hydrogens is 264 g/mol. The first-order chi connectivity index (χ1) is 9.78. The van der Waals surface area contributed by atoms with E-state index in [1.165, 1.54) is 36.5 Å². The van der Waals surface area contributed by atoms with Crippen LogP contribution in [0.25, 0.3) is 0 Å². The summed E-state index contributed by atoms with van der Waals surface area (Å²) in [6.07, 6.45) is 5.34. The van der Waals surface area contributed by atoms with E-state index in [9.17, 15) is 19.2 Å². The second kappa shape index (κ2) is 7.95. The van der Waals surface area contributed by atoms with Crippen LogP contribution in [0.15, 0.2) is 32.1 Å². The molecule has 0 saturated heterocycles. The molecule has 8 nitrogen and oxygen atoms in total. The van der Waals surface area contributed by atoms with Gasteiger partial charge >= 0.3 is 0 Å². The summed E-state index contributed by atoms with van der Waals surface area (Å²) in [4.78, 5) is 54.7. The van der Waals surface area contributed by atoms with Gasteiger partial charge in [0.25, 0.3) is 0 Å². The van der Waals surface area contributed by atoms with Gasteiger partial charge in [0.05, 0.1) is 13.1 Å². The van der Waals surface area contributed by atoms with E-state index in [2.05, 4.69) is 20.0 Å². The summed E-state index contributed by atoms with van der Waals surface area (Å²) in [7, 11) is 0. The zero-order valence-electron chi connectivity index (χ0n) is 9.99. The van der Waals surface area contributed by atoms with Crippen molar-refractivity contribution in [2.45, 2.75) is 13.1 Å². The number of benzene rings is 1. The van der Waals surface area contributed by atoms with E-state index in [-0.39, 0.29) is 24.5 Å². The number of hydrogen-bond donors (Lipinski definition) is 0. The van der Waals surface area contributed by atoms with Gasteiger partial charge in [-0.05, 0) is 11.6 Å². The van der Waals surface area contributed by atoms with Crippen molar-refractivity contribution in [1.29, 1.82) is 0 Å². The van der Waals surface area contributed by atoms with Crippen LogP contribution in [-0.4, -0.2) is 24.3 Å². The molecule has 0 unspecified atom stereocenters. The second-order valence-corrected chi connectivity index (χ2v) is 3.29. The first-order valence-corrected chi connectivity index (χ1v) is 5.16. The van der Waals surface area contributed by atoms with Crippen LogP contribution >= 0.6 is 0 Å². The van der Waals surface area contributed by atoms with Crippen molar-refractivity contribution in [2.24, 2.45) is 20.0 Å². The lowest BCUT2D eigenvalue weighted by Crippen LogP contribution is -1.93. The Balaban J connectivity index is 3.57. The van der Waals surface area contributed by atoms with Crippen molar-refractivity contribution in [1.82, 2.24) is 0 Å². The molecule has 0 spiro atoms. The van der Waals surface area contributed by atoms with Crippen LogP contribution < -0.4 is 0 Å². The minimum Gasteiger partial charge on any atom is -0.211 e. The predicted octanol–water partition coefficient (Wildman–Crippen LogP) is 1.29. The van der Waals surface area contributed by atoms with Gasteiger partial charge in [0, 0.05) is 5.56 Å². The van der Waals surface area contributed by atoms with E-state index in [0.29, 0.717) is 11.1 Å². The van der Waals surface area contributed by atoms with E-state index >= 15 is 0 Å². The Bertz CT molecular complexity index is 702. The molecular formula is C12H6N4O4. The van der Waals surface area contributed by atoms with E-state index in [0.717, 1.165) is 0 Å². The van der Waals surface area contributed by atoms with Crippen LogP contribution in [0.3, 0.4) is 0 Å². The Kier molecular flexibility index (Phi) is 5.88. The van der Waals surface area contributed by atoms with Crippen LogP contribution in [0.4, 0.5) is 11.4 Å². The van der Waals surface area contributed by atoms with Crippen molar-refractivity contribution >= 4 is 35.7 Å². The number of hydrogen-bond acceptors (Lipinski definition) is 8. The summed E-state index contributed by atoms with van der Waals surface area (Å²) in [5, 5.41) is 0. The third-order valence-corrected chi connectivity index (χ3v) is 2.30. The Morgan fingerprint density at radius 3 is 2.05 bits per heavy atom. The Hall–Kier alpha value is -3.26. The van der Waals surface area contributed by atoms with E-state index in [4.69, 9.17) is 0 Å². The van der Waals surface area contributed by atoms with E-state index in [1.54, 1.807) is 0 Å². The number of carbonyl (C=O) groups excluding carboxylic acids is 4. The summed E-state index contributed by atoms with van der Waals surface area (Å²) in [5.74, 6) is 0. The Labute approximate surface area is 112 Å². The average molecular weight is 270 g/mol. The maximum absolute atomic E-state index is 10.5. The van der Waals surface area contributed by atoms with Gasteiger partial charge in [-0.1, -0.05) is 6.07 Å². The monoisotopic (exact) mass is 270 g/mol. The number of nitrogens with zero attached hydrogens (tertiary/aromatic N) is 4. The fourth-order valence-electron chi connectivity index (χ4n) is 1.53. The summed E-state index contributed by atoms with van der Waals surface area (Å²) in [6.45, 7) is -0.199. The van der Waals surface area contributed by atoms with Gasteiger partial charge < -0.3 is 0 Å². The minimum atomic E-state index is -0.157. The minimum absolute atomic E-state index is 0.0148. The fourth-order valence-corrected chi connectivity index (χ4v) is 1.53. The van der Waals surface area contributed by atoms with Crippen LogP contribution in [-0.2, 0) is 32.3 Å². The fraction of sp³-hybridized carbons (Fsp3) is 0.167. The molecule has 0 saturated carbocycles.